The lowest BCUT2D eigenvalue weighted by Crippen LogP contribution is -2.25. The Morgan fingerprint density at radius 3 is 2.40 bits per heavy atom. The minimum absolute atomic E-state index is 0.0687. The first-order valence-electron chi connectivity index (χ1n) is 11.1. The van der Waals surface area contributed by atoms with Gasteiger partial charge in [-0.2, -0.15) is 18.4 Å². The third-order valence-electron chi connectivity index (χ3n) is 5.42. The lowest BCUT2D eigenvalue weighted by atomic mass is 10.1. The second-order valence-electron chi connectivity index (χ2n) is 7.96. The number of halogens is 3. The van der Waals surface area contributed by atoms with Gasteiger partial charge < -0.3 is 4.90 Å². The first kappa shape index (κ1) is 23.9. The summed E-state index contributed by atoms with van der Waals surface area (Å²) in [7, 11) is 0. The van der Waals surface area contributed by atoms with Gasteiger partial charge in [-0.15, -0.1) is 0 Å². The molecule has 0 aliphatic heterocycles. The monoisotopic (exact) mass is 473 g/mol. The van der Waals surface area contributed by atoms with E-state index in [2.05, 4.69) is 32.0 Å². The number of hydrogen-bond donors (Lipinski definition) is 0. The van der Waals surface area contributed by atoms with Crippen molar-refractivity contribution in [3.63, 3.8) is 0 Å². The zero-order valence-corrected chi connectivity index (χ0v) is 18.8. The van der Waals surface area contributed by atoms with Crippen molar-refractivity contribution >= 4 is 5.82 Å². The summed E-state index contributed by atoms with van der Waals surface area (Å²) >= 11 is 0. The van der Waals surface area contributed by atoms with E-state index in [0.29, 0.717) is 42.9 Å². The Balaban J connectivity index is 1.52. The van der Waals surface area contributed by atoms with Crippen LogP contribution in [0.1, 0.15) is 29.1 Å². The fourth-order valence-electron chi connectivity index (χ4n) is 3.75. The summed E-state index contributed by atoms with van der Waals surface area (Å²) in [6.45, 7) is 1.36. The number of hydrogen-bond acceptors (Lipinski definition) is 5. The van der Waals surface area contributed by atoms with Gasteiger partial charge in [0, 0.05) is 30.5 Å². The van der Waals surface area contributed by atoms with E-state index in [4.69, 9.17) is 0 Å². The number of alkyl halides is 3. The van der Waals surface area contributed by atoms with Gasteiger partial charge in [0.05, 0.1) is 11.3 Å². The van der Waals surface area contributed by atoms with Crippen molar-refractivity contribution in [2.45, 2.75) is 25.6 Å². The van der Waals surface area contributed by atoms with Gasteiger partial charge >= 0.3 is 6.18 Å². The molecule has 0 aliphatic rings. The maximum Gasteiger partial charge on any atom is 0.416 e. The van der Waals surface area contributed by atoms with Crippen molar-refractivity contribution in [3.05, 3.63) is 108 Å². The van der Waals surface area contributed by atoms with Crippen LogP contribution >= 0.6 is 0 Å². The van der Waals surface area contributed by atoms with E-state index in [0.717, 1.165) is 23.5 Å². The molecule has 0 saturated heterocycles. The van der Waals surface area contributed by atoms with Gasteiger partial charge in [0.1, 0.15) is 11.9 Å². The molecule has 0 aliphatic carbocycles. The molecule has 8 heteroatoms. The van der Waals surface area contributed by atoms with Crippen molar-refractivity contribution in [2.24, 2.45) is 0 Å². The molecule has 0 atom stereocenters. The average molecular weight is 474 g/mol. The van der Waals surface area contributed by atoms with Crippen molar-refractivity contribution < 1.29 is 13.2 Å². The van der Waals surface area contributed by atoms with Crippen LogP contribution in [0.4, 0.5) is 19.0 Å². The molecule has 4 aromatic rings. The molecule has 0 spiro atoms. The van der Waals surface area contributed by atoms with Crippen molar-refractivity contribution in [1.29, 1.82) is 5.26 Å². The number of aryl methyl sites for hydroxylation is 1. The third-order valence-corrected chi connectivity index (χ3v) is 5.42. The van der Waals surface area contributed by atoms with E-state index in [1.807, 2.05) is 42.5 Å². The molecule has 0 amide bonds. The minimum Gasteiger partial charge on any atom is -0.352 e. The number of aromatic nitrogens is 3. The van der Waals surface area contributed by atoms with Gasteiger partial charge in [0.15, 0.2) is 0 Å². The molecule has 5 nitrogen and oxygen atoms in total. The number of rotatable bonds is 8. The Labute approximate surface area is 201 Å². The number of anilines is 1. The summed E-state index contributed by atoms with van der Waals surface area (Å²) in [6.07, 6.45) is -1.48. The summed E-state index contributed by atoms with van der Waals surface area (Å²) in [5.74, 6) is 0.780. The van der Waals surface area contributed by atoms with Gasteiger partial charge in [-0.05, 0) is 48.7 Å². The van der Waals surface area contributed by atoms with Crippen LogP contribution in [0.15, 0.2) is 85.1 Å². The van der Waals surface area contributed by atoms with Crippen molar-refractivity contribution in [2.75, 3.05) is 11.4 Å². The normalized spacial score (nSPS) is 11.1. The van der Waals surface area contributed by atoms with Crippen LogP contribution in [0.2, 0.25) is 0 Å². The van der Waals surface area contributed by atoms with Crippen molar-refractivity contribution in [3.8, 4) is 17.3 Å². The van der Waals surface area contributed by atoms with Gasteiger partial charge in [-0.3, -0.25) is 0 Å². The predicted molar refractivity (Wildman–Crippen MR) is 127 cm³/mol. The molecule has 176 valence electrons. The Bertz CT molecular complexity index is 1300. The zero-order valence-electron chi connectivity index (χ0n) is 18.8. The number of benzene rings is 2. The largest absolute Gasteiger partial charge is 0.416 e. The Hall–Kier alpha value is -4.25. The van der Waals surface area contributed by atoms with Crippen LogP contribution < -0.4 is 4.90 Å². The molecular weight excluding hydrogens is 451 g/mol. The van der Waals surface area contributed by atoms with Crippen LogP contribution in [0.5, 0.6) is 0 Å². The molecule has 0 saturated carbocycles. The molecule has 0 radical (unpaired) electrons. The van der Waals surface area contributed by atoms with Crippen LogP contribution in [0, 0.1) is 11.3 Å². The molecule has 2 aromatic carbocycles. The Morgan fingerprint density at radius 1 is 0.886 bits per heavy atom. The van der Waals surface area contributed by atoms with Gasteiger partial charge in [0.25, 0.3) is 0 Å². The fourth-order valence-corrected chi connectivity index (χ4v) is 3.75. The van der Waals surface area contributed by atoms with Crippen LogP contribution in [-0.4, -0.2) is 21.5 Å². The summed E-state index contributed by atoms with van der Waals surface area (Å²) < 4.78 is 39.5. The van der Waals surface area contributed by atoms with Crippen LogP contribution in [0.3, 0.4) is 0 Å². The highest BCUT2D eigenvalue weighted by molar-refractivity contribution is 5.61. The van der Waals surface area contributed by atoms with Gasteiger partial charge in [-0.25, -0.2) is 15.0 Å². The maximum atomic E-state index is 13.2. The maximum absolute atomic E-state index is 13.2. The first-order chi connectivity index (χ1) is 16.9. The molecule has 0 unspecified atom stereocenters. The second-order valence-corrected chi connectivity index (χ2v) is 7.96. The summed E-state index contributed by atoms with van der Waals surface area (Å²) in [5, 5.41) is 9.37. The molecule has 4 rings (SSSR count). The number of nitrogens with zero attached hydrogens (tertiary/aromatic N) is 5. The number of pyridine rings is 1. The summed E-state index contributed by atoms with van der Waals surface area (Å²) in [5.41, 5.74) is 1.58. The second kappa shape index (κ2) is 10.8. The third kappa shape index (κ3) is 6.42. The van der Waals surface area contributed by atoms with Crippen LogP contribution in [-0.2, 0) is 19.1 Å². The zero-order chi connectivity index (χ0) is 24.7. The molecule has 2 heterocycles. The van der Waals surface area contributed by atoms with E-state index in [9.17, 15) is 18.4 Å². The highest BCUT2D eigenvalue weighted by Crippen LogP contribution is 2.32. The van der Waals surface area contributed by atoms with E-state index in [1.165, 1.54) is 6.07 Å². The molecule has 35 heavy (non-hydrogen) atoms. The van der Waals surface area contributed by atoms with E-state index in [1.54, 1.807) is 18.3 Å². The molecule has 0 bridgehead atoms. The molecule has 2 aromatic heterocycles. The smallest absolute Gasteiger partial charge is 0.352 e. The highest BCUT2D eigenvalue weighted by Gasteiger charge is 2.30. The minimum atomic E-state index is -4.46. The predicted octanol–water partition coefficient (Wildman–Crippen LogP) is 6.07. The van der Waals surface area contributed by atoms with E-state index < -0.39 is 11.7 Å². The Morgan fingerprint density at radius 2 is 1.69 bits per heavy atom. The van der Waals surface area contributed by atoms with Gasteiger partial charge in [0.2, 0.25) is 5.82 Å². The lowest BCUT2D eigenvalue weighted by Gasteiger charge is -2.24. The standard InChI is InChI=1S/C27H22F3N5/c28-27(29,30)22-11-6-10-21(16-22)24-17-23(33-25(18-31)34-24)12-7-15-35(26-13-4-5-14-32-26)19-20-8-2-1-3-9-20/h1-6,8-11,13-14,16-17H,7,12,15,19H2. The van der Waals surface area contributed by atoms with Crippen LogP contribution in [0.25, 0.3) is 11.3 Å². The Kier molecular flexibility index (Phi) is 7.36. The average Bonchev–Trinajstić information content (AvgIpc) is 2.88. The SMILES string of the molecule is N#Cc1nc(CCCN(Cc2ccccc2)c2ccccn2)cc(-c2cccc(C(F)(F)F)c2)n1. The number of nitriles is 1. The van der Waals surface area contributed by atoms with E-state index >= 15 is 0 Å². The topological polar surface area (TPSA) is 65.7 Å². The van der Waals surface area contributed by atoms with Crippen molar-refractivity contribution in [1.82, 2.24) is 15.0 Å². The summed E-state index contributed by atoms with van der Waals surface area (Å²) in [4.78, 5) is 15.0. The molecule has 0 fully saturated rings. The fraction of sp³-hybridized carbons (Fsp3) is 0.185. The quantitative estimate of drug-likeness (QED) is 0.311. The molecular formula is C27H22F3N5. The lowest BCUT2D eigenvalue weighted by molar-refractivity contribution is -0.137. The summed E-state index contributed by atoms with van der Waals surface area (Å²) in [6, 6.07) is 24.3. The first-order valence-corrected chi connectivity index (χ1v) is 11.1. The van der Waals surface area contributed by atoms with Gasteiger partial charge in [-0.1, -0.05) is 48.5 Å². The molecule has 0 N–H and O–H groups in total. The van der Waals surface area contributed by atoms with E-state index in [-0.39, 0.29) is 5.82 Å². The highest BCUT2D eigenvalue weighted by atomic mass is 19.4.